The van der Waals surface area contributed by atoms with E-state index in [1.807, 2.05) is 0 Å². The Hall–Kier alpha value is -1.73. The summed E-state index contributed by atoms with van der Waals surface area (Å²) >= 11 is 0. The lowest BCUT2D eigenvalue weighted by molar-refractivity contribution is 0.111. The van der Waals surface area contributed by atoms with Gasteiger partial charge in [0, 0.05) is 5.56 Å². The summed E-state index contributed by atoms with van der Waals surface area (Å²) in [7, 11) is 0. The van der Waals surface area contributed by atoms with Crippen LogP contribution in [0.4, 0.5) is 8.78 Å². The fourth-order valence-electron chi connectivity index (χ4n) is 0.922. The summed E-state index contributed by atoms with van der Waals surface area (Å²) in [5.41, 5.74) is 4.67. The van der Waals surface area contributed by atoms with E-state index in [2.05, 4.69) is 11.8 Å². The van der Waals surface area contributed by atoms with Gasteiger partial charge in [-0.25, -0.2) is 8.78 Å². The van der Waals surface area contributed by atoms with Crippen LogP contribution in [-0.4, -0.2) is 12.8 Å². The Bertz CT molecular complexity index is 395. The van der Waals surface area contributed by atoms with E-state index in [1.165, 1.54) is 0 Å². The van der Waals surface area contributed by atoms with E-state index < -0.39 is 17.2 Å². The molecule has 0 bridgehead atoms. The molecule has 14 heavy (non-hydrogen) atoms. The fourth-order valence-corrected chi connectivity index (χ4v) is 0.922. The fraction of sp³-hybridized carbons (Fsp3) is 0.100. The van der Waals surface area contributed by atoms with Crippen LogP contribution in [0, 0.1) is 23.5 Å². The first-order chi connectivity index (χ1) is 6.69. The third-order valence-corrected chi connectivity index (χ3v) is 1.53. The summed E-state index contributed by atoms with van der Waals surface area (Å²) in [4.78, 5) is 10.2. The molecule has 2 N–H and O–H groups in total. The van der Waals surface area contributed by atoms with Crippen LogP contribution in [0.3, 0.4) is 0 Å². The highest BCUT2D eigenvalue weighted by Gasteiger charge is 2.08. The van der Waals surface area contributed by atoms with Crippen molar-refractivity contribution in [2.75, 3.05) is 6.54 Å². The standard InChI is InChI=1S/C10H7F2NO/c11-9-4-7(2-1-3-13)5-10(12)8(9)6-14/h4-6H,3,13H2. The predicted octanol–water partition coefficient (Wildman–Crippen LogP) is 1.09. The number of hydrogen-bond donors (Lipinski definition) is 1. The maximum atomic E-state index is 13.0. The first-order valence-electron chi connectivity index (χ1n) is 3.82. The summed E-state index contributed by atoms with van der Waals surface area (Å²) in [6.07, 6.45) is 0.130. The van der Waals surface area contributed by atoms with Crippen LogP contribution >= 0.6 is 0 Å². The minimum Gasteiger partial charge on any atom is -0.320 e. The number of benzene rings is 1. The van der Waals surface area contributed by atoms with Gasteiger partial charge in [0.1, 0.15) is 11.6 Å². The van der Waals surface area contributed by atoms with Crippen molar-refractivity contribution < 1.29 is 13.6 Å². The van der Waals surface area contributed by atoms with Gasteiger partial charge in [-0.1, -0.05) is 11.8 Å². The third kappa shape index (κ3) is 2.15. The van der Waals surface area contributed by atoms with Crippen LogP contribution in [0.15, 0.2) is 12.1 Å². The number of carbonyl (C=O) groups excluding carboxylic acids is 1. The van der Waals surface area contributed by atoms with E-state index in [0.29, 0.717) is 0 Å². The highest BCUT2D eigenvalue weighted by molar-refractivity contribution is 5.76. The van der Waals surface area contributed by atoms with Crippen LogP contribution < -0.4 is 5.73 Å². The van der Waals surface area contributed by atoms with Gasteiger partial charge in [-0.15, -0.1) is 0 Å². The Morgan fingerprint density at radius 1 is 1.36 bits per heavy atom. The number of nitrogens with two attached hydrogens (primary N) is 1. The molecule has 0 unspecified atom stereocenters. The number of hydrogen-bond acceptors (Lipinski definition) is 2. The van der Waals surface area contributed by atoms with Crippen LogP contribution in [-0.2, 0) is 0 Å². The Balaban J connectivity index is 3.20. The monoisotopic (exact) mass is 195 g/mol. The molecule has 0 fully saturated rings. The SMILES string of the molecule is NCC#Cc1cc(F)c(C=O)c(F)c1. The Kier molecular flexibility index (Phi) is 3.32. The van der Waals surface area contributed by atoms with Gasteiger partial charge < -0.3 is 5.73 Å². The van der Waals surface area contributed by atoms with Crippen LogP contribution in [0.2, 0.25) is 0 Å². The molecule has 72 valence electrons. The van der Waals surface area contributed by atoms with Gasteiger partial charge in [0.2, 0.25) is 0 Å². The molecule has 4 heteroatoms. The molecule has 0 aliphatic carbocycles. The van der Waals surface area contributed by atoms with Crippen molar-refractivity contribution in [2.24, 2.45) is 5.73 Å². The average Bonchev–Trinajstić information content (AvgIpc) is 2.14. The first kappa shape index (κ1) is 10.4. The minimum absolute atomic E-state index is 0.110. The molecule has 1 aromatic rings. The second kappa shape index (κ2) is 4.49. The van der Waals surface area contributed by atoms with Crippen molar-refractivity contribution in [2.45, 2.75) is 0 Å². The molecule has 0 heterocycles. The normalized spacial score (nSPS) is 9.07. The molecule has 0 aliphatic heterocycles. The predicted molar refractivity (Wildman–Crippen MR) is 47.7 cm³/mol. The van der Waals surface area contributed by atoms with Gasteiger partial charge >= 0.3 is 0 Å². The van der Waals surface area contributed by atoms with E-state index in [4.69, 9.17) is 5.73 Å². The lowest BCUT2D eigenvalue weighted by Gasteiger charge is -1.97. The largest absolute Gasteiger partial charge is 0.320 e. The molecule has 0 atom stereocenters. The van der Waals surface area contributed by atoms with Gasteiger partial charge in [0.15, 0.2) is 6.29 Å². The summed E-state index contributed by atoms with van der Waals surface area (Å²) < 4.78 is 25.9. The molecule has 0 radical (unpaired) electrons. The highest BCUT2D eigenvalue weighted by Crippen LogP contribution is 2.12. The van der Waals surface area contributed by atoms with Gasteiger partial charge in [0.05, 0.1) is 12.1 Å². The molecule has 0 saturated carbocycles. The molecule has 0 saturated heterocycles. The van der Waals surface area contributed by atoms with E-state index in [9.17, 15) is 13.6 Å². The molecule has 1 aromatic carbocycles. The highest BCUT2D eigenvalue weighted by atomic mass is 19.1. The molecular weight excluding hydrogens is 188 g/mol. The maximum Gasteiger partial charge on any atom is 0.155 e. The third-order valence-electron chi connectivity index (χ3n) is 1.53. The van der Waals surface area contributed by atoms with Gasteiger partial charge in [0.25, 0.3) is 0 Å². The van der Waals surface area contributed by atoms with Crippen molar-refractivity contribution in [1.82, 2.24) is 0 Å². The van der Waals surface area contributed by atoms with Crippen molar-refractivity contribution in [3.05, 3.63) is 34.9 Å². The molecule has 0 aromatic heterocycles. The zero-order valence-corrected chi connectivity index (χ0v) is 7.18. The Labute approximate surface area is 79.7 Å². The lowest BCUT2D eigenvalue weighted by atomic mass is 10.1. The number of rotatable bonds is 1. The van der Waals surface area contributed by atoms with E-state index in [-0.39, 0.29) is 18.4 Å². The maximum absolute atomic E-state index is 13.0. The molecule has 0 aliphatic rings. The van der Waals surface area contributed by atoms with E-state index in [1.54, 1.807) is 0 Å². The zero-order chi connectivity index (χ0) is 10.6. The molecule has 0 spiro atoms. The second-order valence-electron chi connectivity index (χ2n) is 2.48. The quantitative estimate of drug-likeness (QED) is 0.538. The Morgan fingerprint density at radius 3 is 2.36 bits per heavy atom. The Morgan fingerprint density at radius 2 is 1.93 bits per heavy atom. The minimum atomic E-state index is -0.915. The van der Waals surface area contributed by atoms with Crippen LogP contribution in [0.5, 0.6) is 0 Å². The summed E-state index contributed by atoms with van der Waals surface area (Å²) in [6.45, 7) is 0.110. The van der Waals surface area contributed by atoms with E-state index >= 15 is 0 Å². The van der Waals surface area contributed by atoms with Gasteiger partial charge in [-0.2, -0.15) is 0 Å². The number of aldehydes is 1. The molecule has 2 nitrogen and oxygen atoms in total. The number of carbonyl (C=O) groups is 1. The molecule has 1 rings (SSSR count). The first-order valence-corrected chi connectivity index (χ1v) is 3.82. The van der Waals surface area contributed by atoms with Gasteiger partial charge in [-0.05, 0) is 12.1 Å². The van der Waals surface area contributed by atoms with Crippen molar-refractivity contribution in [3.8, 4) is 11.8 Å². The molecule has 0 amide bonds. The van der Waals surface area contributed by atoms with Crippen molar-refractivity contribution >= 4 is 6.29 Å². The van der Waals surface area contributed by atoms with Crippen LogP contribution in [0.1, 0.15) is 15.9 Å². The smallest absolute Gasteiger partial charge is 0.155 e. The van der Waals surface area contributed by atoms with E-state index in [0.717, 1.165) is 12.1 Å². The topological polar surface area (TPSA) is 43.1 Å². The summed E-state index contributed by atoms with van der Waals surface area (Å²) in [6, 6.07) is 1.99. The van der Waals surface area contributed by atoms with Crippen molar-refractivity contribution in [1.29, 1.82) is 0 Å². The van der Waals surface area contributed by atoms with Crippen molar-refractivity contribution in [3.63, 3.8) is 0 Å². The summed E-state index contributed by atoms with van der Waals surface area (Å²) in [5.74, 6) is 3.09. The lowest BCUT2D eigenvalue weighted by Crippen LogP contribution is -1.96. The van der Waals surface area contributed by atoms with Gasteiger partial charge in [-0.3, -0.25) is 4.79 Å². The molecular formula is C10H7F2NO. The average molecular weight is 195 g/mol. The zero-order valence-electron chi connectivity index (χ0n) is 7.18. The number of halogens is 2. The summed E-state index contributed by atoms with van der Waals surface area (Å²) in [5, 5.41) is 0. The second-order valence-corrected chi connectivity index (χ2v) is 2.48. The van der Waals surface area contributed by atoms with Crippen LogP contribution in [0.25, 0.3) is 0 Å².